The molecular weight excluding hydrogens is 368 g/mol. The summed E-state index contributed by atoms with van der Waals surface area (Å²) in [5.74, 6) is 3.89. The van der Waals surface area contributed by atoms with Gasteiger partial charge < -0.3 is 16.2 Å². The molecule has 30 heavy (non-hydrogen) atoms. The first-order valence-corrected chi connectivity index (χ1v) is 12.2. The average molecular weight is 413 g/mol. The Bertz CT molecular complexity index is 648. The van der Waals surface area contributed by atoms with Gasteiger partial charge in [0.1, 0.15) is 5.75 Å². The van der Waals surface area contributed by atoms with Gasteiger partial charge in [0.15, 0.2) is 0 Å². The van der Waals surface area contributed by atoms with Crippen LogP contribution in [0.1, 0.15) is 96.5 Å². The van der Waals surface area contributed by atoms with Crippen LogP contribution in [0.3, 0.4) is 0 Å². The van der Waals surface area contributed by atoms with Crippen molar-refractivity contribution in [1.29, 1.82) is 0 Å². The third kappa shape index (κ3) is 8.08. The molecular formula is C27H44N2O. The second-order valence-electron chi connectivity index (χ2n) is 8.87. The Morgan fingerprint density at radius 2 is 1.50 bits per heavy atom. The molecule has 0 aromatic heterocycles. The Morgan fingerprint density at radius 3 is 2.03 bits per heavy atom. The summed E-state index contributed by atoms with van der Waals surface area (Å²) in [4.78, 5) is 0. The van der Waals surface area contributed by atoms with Crippen molar-refractivity contribution in [2.75, 3.05) is 6.61 Å². The van der Waals surface area contributed by atoms with E-state index in [2.05, 4.69) is 24.3 Å². The SMILES string of the molecule is C/C=C(N)\C=C(\N)CC.CCOc1ccc(C2CCC(C3CCCCC3)CC2)cc1. The van der Waals surface area contributed by atoms with E-state index in [1.165, 1.54) is 63.4 Å². The van der Waals surface area contributed by atoms with Gasteiger partial charge in [0.2, 0.25) is 0 Å². The number of nitrogens with two attached hydrogens (primary N) is 2. The number of rotatable bonds is 6. The summed E-state index contributed by atoms with van der Waals surface area (Å²) in [6, 6.07) is 8.87. The molecule has 0 aliphatic heterocycles. The van der Waals surface area contributed by atoms with Crippen LogP contribution in [0, 0.1) is 11.8 Å². The molecule has 1 aromatic carbocycles. The number of ether oxygens (including phenoxy) is 1. The van der Waals surface area contributed by atoms with Gasteiger partial charge in [0.25, 0.3) is 0 Å². The molecule has 3 rings (SSSR count). The average Bonchev–Trinajstić information content (AvgIpc) is 2.81. The topological polar surface area (TPSA) is 61.3 Å². The van der Waals surface area contributed by atoms with Gasteiger partial charge in [0, 0.05) is 11.4 Å². The first-order chi connectivity index (χ1) is 14.6. The number of hydrogen-bond donors (Lipinski definition) is 2. The maximum atomic E-state index is 5.54. The molecule has 2 aliphatic carbocycles. The molecule has 1 aromatic rings. The maximum absolute atomic E-state index is 5.54. The van der Waals surface area contributed by atoms with E-state index in [0.29, 0.717) is 0 Å². The highest BCUT2D eigenvalue weighted by atomic mass is 16.5. The van der Waals surface area contributed by atoms with E-state index in [0.717, 1.165) is 47.9 Å². The van der Waals surface area contributed by atoms with Crippen molar-refractivity contribution in [3.8, 4) is 5.75 Å². The molecule has 0 saturated heterocycles. The zero-order chi connectivity index (χ0) is 21.8. The molecule has 2 saturated carbocycles. The van der Waals surface area contributed by atoms with Gasteiger partial charge in [-0.15, -0.1) is 0 Å². The fourth-order valence-electron chi connectivity index (χ4n) is 4.93. The highest BCUT2D eigenvalue weighted by Crippen LogP contribution is 2.43. The van der Waals surface area contributed by atoms with Crippen LogP contribution >= 0.6 is 0 Å². The lowest BCUT2D eigenvalue weighted by molar-refractivity contribution is 0.186. The van der Waals surface area contributed by atoms with Crippen molar-refractivity contribution in [1.82, 2.24) is 0 Å². The molecule has 0 atom stereocenters. The Balaban J connectivity index is 0.000000303. The minimum absolute atomic E-state index is 0.731. The van der Waals surface area contributed by atoms with Crippen LogP contribution in [0.2, 0.25) is 0 Å². The standard InChI is InChI=1S/C20H30O.C7H14N2/c1-2-21-20-14-12-19(13-15-20)18-10-8-17(9-11-18)16-6-4-3-5-7-16;1-3-6(8)5-7(9)4-2/h12-18H,2-11H2,1H3;3,5H,4,8-9H2,1-2H3/b;6-3+,7-5+. The van der Waals surface area contributed by atoms with E-state index in [4.69, 9.17) is 16.2 Å². The normalized spacial score (nSPS) is 23.4. The largest absolute Gasteiger partial charge is 0.494 e. The van der Waals surface area contributed by atoms with Gasteiger partial charge >= 0.3 is 0 Å². The van der Waals surface area contributed by atoms with Crippen molar-refractivity contribution in [3.05, 3.63) is 53.4 Å². The van der Waals surface area contributed by atoms with Gasteiger partial charge in [-0.1, -0.05) is 57.2 Å². The van der Waals surface area contributed by atoms with Crippen LogP contribution in [0.4, 0.5) is 0 Å². The number of hydrogen-bond acceptors (Lipinski definition) is 3. The van der Waals surface area contributed by atoms with E-state index >= 15 is 0 Å². The number of benzene rings is 1. The van der Waals surface area contributed by atoms with Crippen LogP contribution in [0.15, 0.2) is 47.8 Å². The van der Waals surface area contributed by atoms with E-state index in [9.17, 15) is 0 Å². The second kappa shape index (κ2) is 13.4. The van der Waals surface area contributed by atoms with E-state index in [1.807, 2.05) is 26.8 Å². The Kier molecular flexibility index (Phi) is 10.9. The second-order valence-corrected chi connectivity index (χ2v) is 8.87. The fraction of sp³-hybridized carbons (Fsp3) is 0.630. The van der Waals surface area contributed by atoms with Crippen LogP contribution in [-0.2, 0) is 0 Å². The van der Waals surface area contributed by atoms with Gasteiger partial charge in [0.05, 0.1) is 6.61 Å². The molecule has 168 valence electrons. The molecule has 2 fully saturated rings. The highest BCUT2D eigenvalue weighted by Gasteiger charge is 2.28. The Morgan fingerprint density at radius 1 is 0.900 bits per heavy atom. The summed E-state index contributed by atoms with van der Waals surface area (Å²) in [5, 5.41) is 0. The van der Waals surface area contributed by atoms with Gasteiger partial charge in [-0.3, -0.25) is 0 Å². The summed E-state index contributed by atoms with van der Waals surface area (Å²) in [6.07, 6.45) is 17.7. The molecule has 0 unspecified atom stereocenters. The van der Waals surface area contributed by atoms with Gasteiger partial charge in [-0.25, -0.2) is 0 Å². The molecule has 4 N–H and O–H groups in total. The van der Waals surface area contributed by atoms with Crippen LogP contribution in [0.5, 0.6) is 5.75 Å². The van der Waals surface area contributed by atoms with Crippen molar-refractivity contribution in [3.63, 3.8) is 0 Å². The molecule has 0 spiro atoms. The Labute approximate surface area is 185 Å². The summed E-state index contributed by atoms with van der Waals surface area (Å²) in [6.45, 7) is 6.68. The van der Waals surface area contributed by atoms with Crippen LogP contribution < -0.4 is 16.2 Å². The minimum Gasteiger partial charge on any atom is -0.494 e. The molecule has 0 radical (unpaired) electrons. The summed E-state index contributed by atoms with van der Waals surface area (Å²) in [7, 11) is 0. The van der Waals surface area contributed by atoms with E-state index < -0.39 is 0 Å². The Hall–Kier alpha value is -1.90. The van der Waals surface area contributed by atoms with Crippen molar-refractivity contribution >= 4 is 0 Å². The lowest BCUT2D eigenvalue weighted by Gasteiger charge is -2.36. The number of allylic oxidation sites excluding steroid dienone is 3. The molecule has 0 bridgehead atoms. The van der Waals surface area contributed by atoms with E-state index in [1.54, 1.807) is 6.08 Å². The van der Waals surface area contributed by atoms with Crippen molar-refractivity contribution in [2.24, 2.45) is 23.3 Å². The first-order valence-electron chi connectivity index (χ1n) is 12.2. The monoisotopic (exact) mass is 412 g/mol. The molecule has 3 nitrogen and oxygen atoms in total. The quantitative estimate of drug-likeness (QED) is 0.492. The fourth-order valence-corrected chi connectivity index (χ4v) is 4.93. The summed E-state index contributed by atoms with van der Waals surface area (Å²) < 4.78 is 5.54. The zero-order valence-corrected chi connectivity index (χ0v) is 19.5. The van der Waals surface area contributed by atoms with Crippen LogP contribution in [0.25, 0.3) is 0 Å². The molecule has 0 heterocycles. The molecule has 2 aliphatic rings. The van der Waals surface area contributed by atoms with Gasteiger partial charge in [-0.05, 0) is 87.5 Å². The third-order valence-corrected chi connectivity index (χ3v) is 6.84. The van der Waals surface area contributed by atoms with Crippen molar-refractivity contribution < 1.29 is 4.74 Å². The van der Waals surface area contributed by atoms with Gasteiger partial charge in [-0.2, -0.15) is 0 Å². The summed E-state index contributed by atoms with van der Waals surface area (Å²) >= 11 is 0. The zero-order valence-electron chi connectivity index (χ0n) is 19.5. The minimum atomic E-state index is 0.731. The smallest absolute Gasteiger partial charge is 0.119 e. The molecule has 3 heteroatoms. The predicted octanol–water partition coefficient (Wildman–Crippen LogP) is 7.04. The lowest BCUT2D eigenvalue weighted by Crippen LogP contribution is -2.23. The highest BCUT2D eigenvalue weighted by molar-refractivity contribution is 5.29. The predicted molar refractivity (Wildman–Crippen MR) is 129 cm³/mol. The first kappa shape index (κ1) is 24.4. The van der Waals surface area contributed by atoms with Crippen LogP contribution in [-0.4, -0.2) is 6.61 Å². The maximum Gasteiger partial charge on any atom is 0.119 e. The third-order valence-electron chi connectivity index (χ3n) is 6.84. The summed E-state index contributed by atoms with van der Waals surface area (Å²) in [5.41, 5.74) is 14.0. The van der Waals surface area contributed by atoms with E-state index in [-0.39, 0.29) is 0 Å². The molecule has 0 amide bonds. The lowest BCUT2D eigenvalue weighted by atomic mass is 9.70. The van der Waals surface area contributed by atoms with Crippen molar-refractivity contribution in [2.45, 2.75) is 90.9 Å².